The zero-order valence-corrected chi connectivity index (χ0v) is 10.9. The van der Waals surface area contributed by atoms with Gasteiger partial charge in [0.15, 0.2) is 0 Å². The Morgan fingerprint density at radius 2 is 2.15 bits per heavy atom. The minimum atomic E-state index is -1.23. The Hall–Kier alpha value is -2.64. The maximum absolute atomic E-state index is 11.7. The van der Waals surface area contributed by atoms with E-state index in [9.17, 15) is 14.4 Å². The molecule has 5 N–H and O–H groups in total. The monoisotopic (exact) mass is 280 g/mol. The molecule has 1 aromatic heterocycles. The molecule has 8 nitrogen and oxygen atoms in total. The first-order valence-corrected chi connectivity index (χ1v) is 5.90. The van der Waals surface area contributed by atoms with Gasteiger partial charge in [-0.1, -0.05) is 0 Å². The van der Waals surface area contributed by atoms with Crippen molar-refractivity contribution in [1.29, 1.82) is 0 Å². The smallest absolute Gasteiger partial charge is 0.326 e. The first-order valence-electron chi connectivity index (χ1n) is 5.90. The molecule has 1 heterocycles. The average molecular weight is 280 g/mol. The Labute approximate surface area is 115 Å². The summed E-state index contributed by atoms with van der Waals surface area (Å²) in [6, 6.07) is 1.42. The number of hydrogen-bond donors (Lipinski definition) is 4. The molecule has 0 aliphatic rings. The fourth-order valence-corrected chi connectivity index (χ4v) is 1.48. The van der Waals surface area contributed by atoms with E-state index in [1.54, 1.807) is 25.3 Å². The summed E-state index contributed by atoms with van der Waals surface area (Å²) in [5.74, 6) is -1.86. The highest BCUT2D eigenvalue weighted by Crippen LogP contribution is 2.10. The third kappa shape index (κ3) is 4.92. The molecule has 0 saturated carbocycles. The molecule has 0 aliphatic carbocycles. The van der Waals surface area contributed by atoms with Crippen molar-refractivity contribution in [2.45, 2.75) is 25.8 Å². The van der Waals surface area contributed by atoms with E-state index in [1.165, 1.54) is 0 Å². The van der Waals surface area contributed by atoms with Crippen molar-refractivity contribution in [2.75, 3.05) is 5.32 Å². The van der Waals surface area contributed by atoms with Crippen molar-refractivity contribution in [3.05, 3.63) is 24.0 Å². The lowest BCUT2D eigenvalue weighted by Crippen LogP contribution is -2.43. The Kier molecular flexibility index (Phi) is 5.45. The summed E-state index contributed by atoms with van der Waals surface area (Å²) in [5, 5.41) is 13.7. The Morgan fingerprint density at radius 1 is 1.45 bits per heavy atom. The van der Waals surface area contributed by atoms with E-state index in [1.807, 2.05) is 0 Å². The number of nitrogens with zero attached hydrogens (tertiary/aromatic N) is 1. The number of primary amides is 1. The Bertz CT molecular complexity index is 518. The van der Waals surface area contributed by atoms with E-state index in [4.69, 9.17) is 10.8 Å². The van der Waals surface area contributed by atoms with Crippen LogP contribution in [0, 0.1) is 6.92 Å². The molecule has 20 heavy (non-hydrogen) atoms. The zero-order chi connectivity index (χ0) is 15.1. The largest absolute Gasteiger partial charge is 0.480 e. The van der Waals surface area contributed by atoms with Gasteiger partial charge in [0, 0.05) is 12.6 Å². The van der Waals surface area contributed by atoms with Gasteiger partial charge in [-0.3, -0.25) is 9.78 Å². The molecule has 0 fully saturated rings. The van der Waals surface area contributed by atoms with E-state index in [0.717, 1.165) is 0 Å². The number of carbonyl (C=O) groups is 3. The third-order valence-corrected chi connectivity index (χ3v) is 2.54. The molecule has 1 rings (SSSR count). The highest BCUT2D eigenvalue weighted by atomic mass is 16.4. The number of pyridine rings is 1. The molecule has 0 aliphatic heterocycles. The van der Waals surface area contributed by atoms with Crippen molar-refractivity contribution in [2.24, 2.45) is 5.73 Å². The molecule has 3 amide bonds. The highest BCUT2D eigenvalue weighted by Gasteiger charge is 2.20. The Morgan fingerprint density at radius 3 is 2.70 bits per heavy atom. The van der Waals surface area contributed by atoms with Gasteiger partial charge in [0.05, 0.1) is 11.4 Å². The zero-order valence-electron chi connectivity index (χ0n) is 10.9. The number of nitrogens with two attached hydrogens (primary N) is 1. The minimum absolute atomic E-state index is 0.0654. The summed E-state index contributed by atoms with van der Waals surface area (Å²) in [5.41, 5.74) is 6.03. The van der Waals surface area contributed by atoms with Crippen molar-refractivity contribution in [3.63, 3.8) is 0 Å². The van der Waals surface area contributed by atoms with E-state index in [2.05, 4.69) is 15.6 Å². The highest BCUT2D eigenvalue weighted by molar-refractivity contribution is 5.92. The lowest BCUT2D eigenvalue weighted by molar-refractivity contribution is -0.139. The molecule has 0 saturated heterocycles. The van der Waals surface area contributed by atoms with Gasteiger partial charge in [0.1, 0.15) is 6.04 Å². The van der Waals surface area contributed by atoms with Crippen LogP contribution in [0.1, 0.15) is 18.5 Å². The van der Waals surface area contributed by atoms with Crippen molar-refractivity contribution in [1.82, 2.24) is 10.3 Å². The van der Waals surface area contributed by atoms with Crippen LogP contribution in [0.3, 0.4) is 0 Å². The molecule has 8 heteroatoms. The van der Waals surface area contributed by atoms with E-state index in [0.29, 0.717) is 11.4 Å². The van der Waals surface area contributed by atoms with Gasteiger partial charge in [-0.25, -0.2) is 9.59 Å². The number of amides is 3. The third-order valence-electron chi connectivity index (χ3n) is 2.54. The number of aromatic nitrogens is 1. The van der Waals surface area contributed by atoms with Gasteiger partial charge in [-0.05, 0) is 25.5 Å². The lowest BCUT2D eigenvalue weighted by Gasteiger charge is -2.15. The lowest BCUT2D eigenvalue weighted by atomic mass is 10.1. The maximum atomic E-state index is 11.7. The number of aryl methyl sites for hydroxylation is 1. The van der Waals surface area contributed by atoms with Gasteiger partial charge in [0.2, 0.25) is 5.91 Å². The number of hydrogen-bond acceptors (Lipinski definition) is 4. The predicted molar refractivity (Wildman–Crippen MR) is 71.0 cm³/mol. The number of carboxylic acid groups (broad SMARTS) is 1. The van der Waals surface area contributed by atoms with Gasteiger partial charge in [-0.2, -0.15) is 0 Å². The number of carboxylic acids is 1. The van der Waals surface area contributed by atoms with Gasteiger partial charge < -0.3 is 21.5 Å². The number of urea groups is 1. The van der Waals surface area contributed by atoms with Crippen molar-refractivity contribution < 1.29 is 19.5 Å². The molecule has 108 valence electrons. The number of rotatable bonds is 6. The number of anilines is 1. The molecular formula is C12H16N4O4. The second-order valence-electron chi connectivity index (χ2n) is 4.13. The van der Waals surface area contributed by atoms with Crippen LogP contribution in [-0.4, -0.2) is 34.0 Å². The van der Waals surface area contributed by atoms with Crippen molar-refractivity contribution in [3.8, 4) is 0 Å². The van der Waals surface area contributed by atoms with E-state index in [-0.39, 0.29) is 12.8 Å². The molecule has 0 spiro atoms. The van der Waals surface area contributed by atoms with Gasteiger partial charge >= 0.3 is 12.0 Å². The summed E-state index contributed by atoms with van der Waals surface area (Å²) in [7, 11) is 0. The second-order valence-corrected chi connectivity index (χ2v) is 4.13. The predicted octanol–water partition coefficient (Wildman–Crippen LogP) is 0.230. The van der Waals surface area contributed by atoms with Gasteiger partial charge in [0.25, 0.3) is 0 Å². The number of aliphatic carboxylic acids is 1. The molecule has 1 aromatic rings. The van der Waals surface area contributed by atoms with Crippen LogP contribution in [0.5, 0.6) is 0 Å². The first-order chi connectivity index (χ1) is 9.40. The summed E-state index contributed by atoms with van der Waals surface area (Å²) in [6.07, 6.45) is 1.39. The van der Waals surface area contributed by atoms with Crippen LogP contribution >= 0.6 is 0 Å². The molecule has 0 unspecified atom stereocenters. The fraction of sp³-hybridized carbons (Fsp3) is 0.333. The molecular weight excluding hydrogens is 264 g/mol. The molecule has 0 bridgehead atoms. The van der Waals surface area contributed by atoms with Crippen LogP contribution in [0.15, 0.2) is 18.3 Å². The maximum Gasteiger partial charge on any atom is 0.326 e. The normalized spacial score (nSPS) is 11.4. The average Bonchev–Trinajstić information content (AvgIpc) is 2.36. The van der Waals surface area contributed by atoms with Crippen LogP contribution < -0.4 is 16.4 Å². The van der Waals surface area contributed by atoms with Crippen molar-refractivity contribution >= 4 is 23.6 Å². The van der Waals surface area contributed by atoms with E-state index < -0.39 is 23.9 Å². The summed E-state index contributed by atoms with van der Waals surface area (Å²) >= 11 is 0. The standard InChI is InChI=1S/C12H16N4O4/c1-7-8(3-2-6-14-7)15-12(20)16-9(11(18)19)4-5-10(13)17/h2-3,6,9H,4-5H2,1H3,(H2,13,17)(H,18,19)(H2,15,16,20)/t9-/m1/s1. The van der Waals surface area contributed by atoms with Crippen LogP contribution in [-0.2, 0) is 9.59 Å². The SMILES string of the molecule is Cc1ncccc1NC(=O)N[C@H](CCC(N)=O)C(=O)O. The molecule has 0 radical (unpaired) electrons. The van der Waals surface area contributed by atoms with Crippen LogP contribution in [0.25, 0.3) is 0 Å². The molecule has 1 atom stereocenters. The Balaban J connectivity index is 2.60. The topological polar surface area (TPSA) is 134 Å². The fourth-order valence-electron chi connectivity index (χ4n) is 1.48. The summed E-state index contributed by atoms with van der Waals surface area (Å²) in [4.78, 5) is 37.3. The number of carbonyl (C=O) groups excluding carboxylic acids is 2. The quantitative estimate of drug-likeness (QED) is 0.591. The minimum Gasteiger partial charge on any atom is -0.480 e. The number of nitrogens with one attached hydrogen (secondary N) is 2. The summed E-state index contributed by atoms with van der Waals surface area (Å²) in [6.45, 7) is 1.71. The first kappa shape index (κ1) is 15.4. The van der Waals surface area contributed by atoms with Gasteiger partial charge in [-0.15, -0.1) is 0 Å². The van der Waals surface area contributed by atoms with Crippen LogP contribution in [0.2, 0.25) is 0 Å². The molecule has 0 aromatic carbocycles. The summed E-state index contributed by atoms with van der Waals surface area (Å²) < 4.78 is 0. The van der Waals surface area contributed by atoms with Crippen LogP contribution in [0.4, 0.5) is 10.5 Å². The second kappa shape index (κ2) is 7.07. The van der Waals surface area contributed by atoms with E-state index >= 15 is 0 Å².